The summed E-state index contributed by atoms with van der Waals surface area (Å²) in [6, 6.07) is 0. The molecular formula is C13H16ClN3O3. The van der Waals surface area contributed by atoms with Crippen molar-refractivity contribution in [2.45, 2.75) is 25.8 Å². The van der Waals surface area contributed by atoms with Crippen molar-refractivity contribution in [3.8, 4) is 0 Å². The van der Waals surface area contributed by atoms with Crippen LogP contribution < -0.4 is 5.32 Å². The van der Waals surface area contributed by atoms with Crippen molar-refractivity contribution in [3.05, 3.63) is 23.2 Å². The molecule has 108 valence electrons. The van der Waals surface area contributed by atoms with E-state index in [2.05, 4.69) is 15.3 Å². The molecule has 1 saturated carbocycles. The van der Waals surface area contributed by atoms with Gasteiger partial charge in [-0.25, -0.2) is 4.98 Å². The van der Waals surface area contributed by atoms with Crippen molar-refractivity contribution in [1.82, 2.24) is 15.3 Å². The first kappa shape index (κ1) is 14.7. The number of ether oxygens (including phenoxy) is 1. The van der Waals surface area contributed by atoms with E-state index < -0.39 is 0 Å². The molecule has 0 spiro atoms. The van der Waals surface area contributed by atoms with E-state index >= 15 is 0 Å². The third-order valence-corrected chi connectivity index (χ3v) is 3.81. The second-order valence-corrected chi connectivity index (χ2v) is 5.10. The number of nitrogens with zero attached hydrogens (tertiary/aromatic N) is 2. The molecule has 1 aromatic rings. The normalized spacial score (nSPS) is 21.5. The van der Waals surface area contributed by atoms with E-state index in [1.165, 1.54) is 19.5 Å². The van der Waals surface area contributed by atoms with Crippen LogP contribution in [0.3, 0.4) is 0 Å². The number of rotatable bonds is 4. The van der Waals surface area contributed by atoms with E-state index in [1.807, 2.05) is 0 Å². The second-order valence-electron chi connectivity index (χ2n) is 4.74. The Balaban J connectivity index is 1.85. The minimum atomic E-state index is -0.239. The first-order chi connectivity index (χ1) is 9.61. The topological polar surface area (TPSA) is 81.2 Å². The summed E-state index contributed by atoms with van der Waals surface area (Å²) in [6.45, 7) is 0.241. The van der Waals surface area contributed by atoms with Gasteiger partial charge in [0.05, 0.1) is 25.3 Å². The lowest BCUT2D eigenvalue weighted by Crippen LogP contribution is -2.30. The largest absolute Gasteiger partial charge is 0.469 e. The second kappa shape index (κ2) is 6.65. The molecule has 1 aliphatic rings. The molecule has 0 bridgehead atoms. The van der Waals surface area contributed by atoms with Crippen LogP contribution >= 0.6 is 11.6 Å². The predicted octanol–water partition coefficient (Wildman–Crippen LogP) is 1.34. The van der Waals surface area contributed by atoms with Crippen molar-refractivity contribution >= 4 is 23.5 Å². The van der Waals surface area contributed by atoms with Crippen LogP contribution in [0.25, 0.3) is 0 Å². The van der Waals surface area contributed by atoms with Gasteiger partial charge in [0, 0.05) is 18.3 Å². The van der Waals surface area contributed by atoms with Crippen molar-refractivity contribution < 1.29 is 14.3 Å². The molecule has 7 heteroatoms. The van der Waals surface area contributed by atoms with Crippen molar-refractivity contribution in [2.75, 3.05) is 7.11 Å². The van der Waals surface area contributed by atoms with Crippen LogP contribution in [0, 0.1) is 11.8 Å². The smallest absolute Gasteiger partial charge is 0.308 e. The molecule has 0 aliphatic heterocycles. The summed E-state index contributed by atoms with van der Waals surface area (Å²) in [6.07, 6.45) is 4.94. The third-order valence-electron chi connectivity index (χ3n) is 3.49. The number of halogens is 1. The van der Waals surface area contributed by atoms with E-state index in [1.54, 1.807) is 0 Å². The SMILES string of the molecule is COC(=O)[C@H]1CC[C@@H](C(=O)NCc2nccnc2Cl)C1. The van der Waals surface area contributed by atoms with Crippen LogP contribution in [0.1, 0.15) is 25.0 Å². The summed E-state index contributed by atoms with van der Waals surface area (Å²) in [7, 11) is 1.37. The van der Waals surface area contributed by atoms with Gasteiger partial charge in [0.2, 0.25) is 5.91 Å². The predicted molar refractivity (Wildman–Crippen MR) is 71.7 cm³/mol. The minimum absolute atomic E-state index is 0.0851. The molecular weight excluding hydrogens is 282 g/mol. The van der Waals surface area contributed by atoms with Gasteiger partial charge >= 0.3 is 5.97 Å². The van der Waals surface area contributed by atoms with Gasteiger partial charge in [-0.3, -0.25) is 14.6 Å². The van der Waals surface area contributed by atoms with Gasteiger partial charge in [0.15, 0.2) is 5.15 Å². The molecule has 2 atom stereocenters. The van der Waals surface area contributed by atoms with Crippen LogP contribution in [0.2, 0.25) is 5.15 Å². The third kappa shape index (κ3) is 3.45. The maximum Gasteiger partial charge on any atom is 0.308 e. The summed E-state index contributed by atoms with van der Waals surface area (Å²) < 4.78 is 4.70. The summed E-state index contributed by atoms with van der Waals surface area (Å²) in [5, 5.41) is 3.07. The maximum atomic E-state index is 12.0. The molecule has 0 radical (unpaired) electrons. The number of nitrogens with one attached hydrogen (secondary N) is 1. The number of hydrogen-bond acceptors (Lipinski definition) is 5. The summed E-state index contributed by atoms with van der Waals surface area (Å²) in [5.41, 5.74) is 0.532. The van der Waals surface area contributed by atoms with E-state index in [-0.39, 0.29) is 35.4 Å². The maximum absolute atomic E-state index is 12.0. The van der Waals surface area contributed by atoms with Crippen molar-refractivity contribution in [2.24, 2.45) is 11.8 Å². The molecule has 1 aromatic heterocycles. The Labute approximate surface area is 121 Å². The lowest BCUT2D eigenvalue weighted by Gasteiger charge is -2.11. The Morgan fingerprint density at radius 2 is 2.05 bits per heavy atom. The number of methoxy groups -OCH3 is 1. The quantitative estimate of drug-likeness (QED) is 0.848. The van der Waals surface area contributed by atoms with Gasteiger partial charge in [-0.15, -0.1) is 0 Å². The number of esters is 1. The van der Waals surface area contributed by atoms with Gasteiger partial charge in [-0.2, -0.15) is 0 Å². The standard InChI is InChI=1S/C13H16ClN3O3/c1-20-13(19)9-3-2-8(6-9)12(18)17-7-10-11(14)16-5-4-15-10/h4-5,8-9H,2-3,6-7H2,1H3,(H,17,18)/t8-,9+/m1/s1. The molecule has 0 aromatic carbocycles. The average molecular weight is 298 g/mol. The van der Waals surface area contributed by atoms with E-state index in [4.69, 9.17) is 16.3 Å². The summed E-state index contributed by atoms with van der Waals surface area (Å²) >= 11 is 5.86. The Bertz CT molecular complexity index is 509. The van der Waals surface area contributed by atoms with Gasteiger partial charge in [-0.05, 0) is 19.3 Å². The van der Waals surface area contributed by atoms with Crippen LogP contribution in [-0.2, 0) is 20.9 Å². The number of carbonyl (C=O) groups excluding carboxylic acids is 2. The van der Waals surface area contributed by atoms with E-state index in [9.17, 15) is 9.59 Å². The molecule has 1 N–H and O–H groups in total. The fraction of sp³-hybridized carbons (Fsp3) is 0.538. The highest BCUT2D eigenvalue weighted by Gasteiger charge is 2.34. The highest BCUT2D eigenvalue weighted by atomic mass is 35.5. The number of aromatic nitrogens is 2. The molecule has 20 heavy (non-hydrogen) atoms. The highest BCUT2D eigenvalue weighted by Crippen LogP contribution is 2.31. The fourth-order valence-electron chi connectivity index (χ4n) is 2.38. The van der Waals surface area contributed by atoms with Crippen LogP contribution in [-0.4, -0.2) is 29.0 Å². The number of amides is 1. The summed E-state index contributed by atoms with van der Waals surface area (Å²) in [4.78, 5) is 31.4. The average Bonchev–Trinajstić information content (AvgIpc) is 2.95. The van der Waals surface area contributed by atoms with Crippen LogP contribution in [0.4, 0.5) is 0 Å². The van der Waals surface area contributed by atoms with Gasteiger partial charge in [0.25, 0.3) is 0 Å². The van der Waals surface area contributed by atoms with E-state index in [0.29, 0.717) is 25.0 Å². The molecule has 1 amide bonds. The van der Waals surface area contributed by atoms with E-state index in [0.717, 1.165) is 0 Å². The Morgan fingerprint density at radius 1 is 1.35 bits per heavy atom. The molecule has 6 nitrogen and oxygen atoms in total. The Hall–Kier alpha value is -1.69. The Kier molecular flexibility index (Phi) is 4.89. The van der Waals surface area contributed by atoms with Gasteiger partial charge in [-0.1, -0.05) is 11.6 Å². The lowest BCUT2D eigenvalue weighted by molar-refractivity contribution is -0.145. The van der Waals surface area contributed by atoms with Crippen LogP contribution in [0.15, 0.2) is 12.4 Å². The molecule has 2 rings (SSSR count). The minimum Gasteiger partial charge on any atom is -0.469 e. The van der Waals surface area contributed by atoms with Crippen molar-refractivity contribution in [3.63, 3.8) is 0 Å². The zero-order valence-corrected chi connectivity index (χ0v) is 11.9. The van der Waals surface area contributed by atoms with Crippen molar-refractivity contribution in [1.29, 1.82) is 0 Å². The Morgan fingerprint density at radius 3 is 2.75 bits per heavy atom. The zero-order valence-electron chi connectivity index (χ0n) is 11.1. The lowest BCUT2D eigenvalue weighted by atomic mass is 10.0. The van der Waals surface area contributed by atoms with Gasteiger partial charge < -0.3 is 10.1 Å². The number of hydrogen-bond donors (Lipinski definition) is 1. The van der Waals surface area contributed by atoms with Gasteiger partial charge in [0.1, 0.15) is 0 Å². The first-order valence-corrected chi connectivity index (χ1v) is 6.80. The molecule has 1 heterocycles. The molecule has 1 fully saturated rings. The first-order valence-electron chi connectivity index (χ1n) is 6.42. The molecule has 0 unspecified atom stereocenters. The highest BCUT2D eigenvalue weighted by molar-refractivity contribution is 6.29. The number of carbonyl (C=O) groups is 2. The molecule has 1 aliphatic carbocycles. The molecule has 0 saturated heterocycles. The van der Waals surface area contributed by atoms with Crippen LogP contribution in [0.5, 0.6) is 0 Å². The fourth-order valence-corrected chi connectivity index (χ4v) is 2.56. The zero-order chi connectivity index (χ0) is 14.5. The monoisotopic (exact) mass is 297 g/mol. The summed E-state index contributed by atoms with van der Waals surface area (Å²) in [5.74, 6) is -0.652.